The van der Waals surface area contributed by atoms with Gasteiger partial charge in [-0.2, -0.15) is 0 Å². The number of ketones is 1. The third kappa shape index (κ3) is 3.55. The number of halogens is 1. The molecule has 1 fully saturated rings. The van der Waals surface area contributed by atoms with Gasteiger partial charge in [0, 0.05) is 30.5 Å². The number of Topliss-reactive ketones (excluding diaryl/α,β-unsaturated/α-hetero) is 1. The molecular weight excluding hydrogens is 234 g/mol. The quantitative estimate of drug-likeness (QED) is 0.822. The van der Waals surface area contributed by atoms with E-state index in [1.165, 1.54) is 5.56 Å². The van der Waals surface area contributed by atoms with E-state index >= 15 is 0 Å². The van der Waals surface area contributed by atoms with Crippen LogP contribution in [0.25, 0.3) is 0 Å². The monoisotopic (exact) mass is 251 g/mol. The Hall–Kier alpha value is -0.860. The summed E-state index contributed by atoms with van der Waals surface area (Å²) in [6.07, 6.45) is 3.65. The van der Waals surface area contributed by atoms with E-state index in [1.807, 2.05) is 24.3 Å². The summed E-state index contributed by atoms with van der Waals surface area (Å²) in [4.78, 5) is 13.7. The van der Waals surface area contributed by atoms with Crippen LogP contribution in [0.3, 0.4) is 0 Å². The Kier molecular flexibility index (Phi) is 4.19. The molecule has 1 unspecified atom stereocenters. The molecule has 0 radical (unpaired) electrons. The molecule has 1 atom stereocenters. The fourth-order valence-electron chi connectivity index (χ4n) is 2.38. The normalized spacial score (nSPS) is 20.9. The molecule has 1 aromatic carbocycles. The molecule has 0 aromatic heterocycles. The SMILES string of the molecule is CN(Cc1ccc(Cl)cc1)C1CCCC(=O)C1. The summed E-state index contributed by atoms with van der Waals surface area (Å²) in [5, 5.41) is 0.768. The highest BCUT2D eigenvalue weighted by Gasteiger charge is 2.22. The second kappa shape index (κ2) is 5.65. The van der Waals surface area contributed by atoms with E-state index in [2.05, 4.69) is 11.9 Å². The topological polar surface area (TPSA) is 20.3 Å². The molecule has 3 heteroatoms. The van der Waals surface area contributed by atoms with Crippen LogP contribution in [0, 0.1) is 0 Å². The molecule has 1 aliphatic rings. The molecular formula is C14H18ClNO. The molecule has 0 spiro atoms. The number of carbonyl (C=O) groups excluding carboxylic acids is 1. The number of nitrogens with zero attached hydrogens (tertiary/aromatic N) is 1. The predicted molar refractivity (Wildman–Crippen MR) is 70.2 cm³/mol. The molecule has 1 saturated carbocycles. The fourth-order valence-corrected chi connectivity index (χ4v) is 2.51. The maximum atomic E-state index is 11.4. The molecule has 2 rings (SSSR count). The molecule has 0 bridgehead atoms. The first-order valence-corrected chi connectivity index (χ1v) is 6.49. The van der Waals surface area contributed by atoms with Crippen LogP contribution in [0.2, 0.25) is 5.02 Å². The Morgan fingerprint density at radius 2 is 2.06 bits per heavy atom. The number of hydrogen-bond acceptors (Lipinski definition) is 2. The van der Waals surface area contributed by atoms with Gasteiger partial charge in [0.15, 0.2) is 0 Å². The van der Waals surface area contributed by atoms with Crippen LogP contribution in [0.4, 0.5) is 0 Å². The minimum absolute atomic E-state index is 0.407. The van der Waals surface area contributed by atoms with Gasteiger partial charge in [-0.1, -0.05) is 23.7 Å². The Bertz CT molecular complexity index is 388. The highest BCUT2D eigenvalue weighted by atomic mass is 35.5. The van der Waals surface area contributed by atoms with Crippen LogP contribution in [-0.2, 0) is 11.3 Å². The molecule has 0 heterocycles. The minimum Gasteiger partial charge on any atom is -0.300 e. The van der Waals surface area contributed by atoms with Crippen LogP contribution in [0.5, 0.6) is 0 Å². The summed E-state index contributed by atoms with van der Waals surface area (Å²) in [6, 6.07) is 8.33. The molecule has 1 aliphatic carbocycles. The zero-order valence-corrected chi connectivity index (χ0v) is 10.9. The Balaban J connectivity index is 1.93. The first-order chi connectivity index (χ1) is 8.15. The number of carbonyl (C=O) groups is 1. The summed E-state index contributed by atoms with van der Waals surface area (Å²) in [5.41, 5.74) is 1.25. The number of benzene rings is 1. The molecule has 17 heavy (non-hydrogen) atoms. The Morgan fingerprint density at radius 3 is 2.71 bits per heavy atom. The molecule has 2 nitrogen and oxygen atoms in total. The van der Waals surface area contributed by atoms with Crippen molar-refractivity contribution in [2.45, 2.75) is 38.3 Å². The van der Waals surface area contributed by atoms with Crippen LogP contribution >= 0.6 is 11.6 Å². The van der Waals surface area contributed by atoms with Crippen LogP contribution in [0.1, 0.15) is 31.2 Å². The number of rotatable bonds is 3. The molecule has 0 aliphatic heterocycles. The Labute approximate surface area is 108 Å². The second-order valence-electron chi connectivity index (χ2n) is 4.83. The van der Waals surface area contributed by atoms with Gasteiger partial charge in [0.05, 0.1) is 0 Å². The lowest BCUT2D eigenvalue weighted by molar-refractivity contribution is -0.121. The lowest BCUT2D eigenvalue weighted by atomic mass is 9.93. The van der Waals surface area contributed by atoms with Crippen molar-refractivity contribution >= 4 is 17.4 Å². The molecule has 0 amide bonds. The van der Waals surface area contributed by atoms with Crippen molar-refractivity contribution in [2.24, 2.45) is 0 Å². The smallest absolute Gasteiger partial charge is 0.134 e. The van der Waals surface area contributed by atoms with Gasteiger partial charge in [0.25, 0.3) is 0 Å². The summed E-state index contributed by atoms with van der Waals surface area (Å²) in [5.74, 6) is 0.407. The zero-order valence-electron chi connectivity index (χ0n) is 10.2. The van der Waals surface area contributed by atoms with E-state index in [0.29, 0.717) is 18.2 Å². The van der Waals surface area contributed by atoms with E-state index in [9.17, 15) is 4.79 Å². The van der Waals surface area contributed by atoms with Crippen LogP contribution in [0.15, 0.2) is 24.3 Å². The van der Waals surface area contributed by atoms with Gasteiger partial charge in [-0.25, -0.2) is 0 Å². The van der Waals surface area contributed by atoms with E-state index < -0.39 is 0 Å². The lowest BCUT2D eigenvalue weighted by Crippen LogP contribution is -2.35. The zero-order chi connectivity index (χ0) is 12.3. The van der Waals surface area contributed by atoms with Gasteiger partial charge in [-0.05, 0) is 37.6 Å². The van der Waals surface area contributed by atoms with Gasteiger partial charge in [0.2, 0.25) is 0 Å². The van der Waals surface area contributed by atoms with Crippen LogP contribution in [-0.4, -0.2) is 23.8 Å². The molecule has 1 aromatic rings. The highest BCUT2D eigenvalue weighted by molar-refractivity contribution is 6.30. The standard InChI is InChI=1S/C14H18ClNO/c1-16(13-3-2-4-14(17)9-13)10-11-5-7-12(15)8-6-11/h5-8,13H,2-4,9-10H2,1H3. The molecule has 0 N–H and O–H groups in total. The summed E-state index contributed by atoms with van der Waals surface area (Å²) in [6.45, 7) is 0.884. The van der Waals surface area contributed by atoms with Crippen molar-refractivity contribution in [1.29, 1.82) is 0 Å². The van der Waals surface area contributed by atoms with Crippen molar-refractivity contribution < 1.29 is 4.79 Å². The highest BCUT2D eigenvalue weighted by Crippen LogP contribution is 2.21. The third-order valence-corrected chi connectivity index (χ3v) is 3.68. The van der Waals surface area contributed by atoms with Crippen molar-refractivity contribution in [2.75, 3.05) is 7.05 Å². The predicted octanol–water partition coefficient (Wildman–Crippen LogP) is 3.28. The molecule has 92 valence electrons. The van der Waals surface area contributed by atoms with Crippen molar-refractivity contribution in [3.05, 3.63) is 34.9 Å². The molecule has 0 saturated heterocycles. The van der Waals surface area contributed by atoms with Crippen LogP contribution < -0.4 is 0 Å². The Morgan fingerprint density at radius 1 is 1.35 bits per heavy atom. The van der Waals surface area contributed by atoms with E-state index in [-0.39, 0.29) is 0 Å². The van der Waals surface area contributed by atoms with E-state index in [1.54, 1.807) is 0 Å². The lowest BCUT2D eigenvalue weighted by Gasteiger charge is -2.30. The van der Waals surface area contributed by atoms with E-state index in [0.717, 1.165) is 30.8 Å². The minimum atomic E-state index is 0.407. The van der Waals surface area contributed by atoms with E-state index in [4.69, 9.17) is 11.6 Å². The maximum Gasteiger partial charge on any atom is 0.134 e. The van der Waals surface area contributed by atoms with Gasteiger partial charge in [-0.15, -0.1) is 0 Å². The summed E-state index contributed by atoms with van der Waals surface area (Å²) in [7, 11) is 2.10. The largest absolute Gasteiger partial charge is 0.300 e. The summed E-state index contributed by atoms with van der Waals surface area (Å²) < 4.78 is 0. The van der Waals surface area contributed by atoms with Gasteiger partial charge in [-0.3, -0.25) is 9.69 Å². The average Bonchev–Trinajstić information content (AvgIpc) is 2.32. The first-order valence-electron chi connectivity index (χ1n) is 6.11. The second-order valence-corrected chi connectivity index (χ2v) is 5.27. The maximum absolute atomic E-state index is 11.4. The van der Waals surface area contributed by atoms with Crippen molar-refractivity contribution in [1.82, 2.24) is 4.90 Å². The number of hydrogen-bond donors (Lipinski definition) is 0. The first kappa shape index (κ1) is 12.6. The van der Waals surface area contributed by atoms with Crippen molar-refractivity contribution in [3.63, 3.8) is 0 Å². The fraction of sp³-hybridized carbons (Fsp3) is 0.500. The summed E-state index contributed by atoms with van der Waals surface area (Å²) >= 11 is 5.86. The van der Waals surface area contributed by atoms with Gasteiger partial charge >= 0.3 is 0 Å². The van der Waals surface area contributed by atoms with Gasteiger partial charge in [0.1, 0.15) is 5.78 Å². The van der Waals surface area contributed by atoms with Crippen molar-refractivity contribution in [3.8, 4) is 0 Å². The third-order valence-electron chi connectivity index (χ3n) is 3.42. The van der Waals surface area contributed by atoms with Gasteiger partial charge < -0.3 is 0 Å². The average molecular weight is 252 g/mol.